The molecule has 30 heavy (non-hydrogen) atoms. The summed E-state index contributed by atoms with van der Waals surface area (Å²) < 4.78 is 0. The van der Waals surface area contributed by atoms with Crippen LogP contribution in [0.4, 0.5) is 5.69 Å². The Labute approximate surface area is 180 Å². The lowest BCUT2D eigenvalue weighted by Gasteiger charge is -2.39. The van der Waals surface area contributed by atoms with Gasteiger partial charge in [-0.2, -0.15) is 5.12 Å². The van der Waals surface area contributed by atoms with Crippen LogP contribution in [0.1, 0.15) is 24.8 Å². The molecule has 2 heterocycles. The van der Waals surface area contributed by atoms with Crippen LogP contribution in [-0.2, 0) is 0 Å². The van der Waals surface area contributed by atoms with E-state index in [0.717, 1.165) is 19.3 Å². The largest absolute Gasteiger partial charge is 0.384 e. The number of benzene rings is 1. The molecule has 1 saturated heterocycles. The fourth-order valence-corrected chi connectivity index (χ4v) is 3.54. The molecule has 9 nitrogen and oxygen atoms in total. The van der Waals surface area contributed by atoms with Crippen LogP contribution in [0, 0.1) is 10.8 Å². The minimum absolute atomic E-state index is 0.179. The smallest absolute Gasteiger partial charge is 0.199 e. The summed E-state index contributed by atoms with van der Waals surface area (Å²) in [5.41, 5.74) is 7.56. The first-order valence-corrected chi connectivity index (χ1v) is 9.98. The molecule has 1 aliphatic heterocycles. The van der Waals surface area contributed by atoms with Crippen molar-refractivity contribution in [3.05, 3.63) is 59.4 Å². The predicted octanol–water partition coefficient (Wildman–Crippen LogP) is 2.43. The highest BCUT2D eigenvalue weighted by atomic mass is 35.5. The van der Waals surface area contributed by atoms with Gasteiger partial charge in [-0.15, -0.1) is 5.10 Å². The van der Waals surface area contributed by atoms with Crippen molar-refractivity contribution in [3.8, 4) is 0 Å². The number of halogens is 1. The summed E-state index contributed by atoms with van der Waals surface area (Å²) >= 11 is 6.03. The van der Waals surface area contributed by atoms with Gasteiger partial charge in [0, 0.05) is 36.6 Å². The third-order valence-electron chi connectivity index (χ3n) is 5.00. The quantitative estimate of drug-likeness (QED) is 0.256. The van der Waals surface area contributed by atoms with Crippen LogP contribution in [0.15, 0.2) is 53.9 Å². The van der Waals surface area contributed by atoms with Crippen LogP contribution < -0.4 is 16.7 Å². The van der Waals surface area contributed by atoms with E-state index in [1.54, 1.807) is 55.8 Å². The number of nitrogens with two attached hydrogens (primary N) is 2. The molecule has 0 aliphatic carbocycles. The van der Waals surface area contributed by atoms with E-state index in [1.807, 2.05) is 4.90 Å². The van der Waals surface area contributed by atoms with Crippen molar-refractivity contribution in [1.29, 1.82) is 10.8 Å². The molecule has 6 N–H and O–H groups in total. The number of nitrogens with zero attached hydrogens (tertiary/aromatic N) is 5. The highest BCUT2D eigenvalue weighted by Gasteiger charge is 2.31. The van der Waals surface area contributed by atoms with Crippen molar-refractivity contribution in [3.63, 3.8) is 0 Å². The molecule has 0 saturated carbocycles. The number of likely N-dealkylation sites (tertiary alicyclic amines) is 1. The molecule has 10 heteroatoms. The van der Waals surface area contributed by atoms with Gasteiger partial charge in [-0.05, 0) is 49.6 Å². The molecule has 2 aromatic rings. The first-order valence-electron chi connectivity index (χ1n) is 9.60. The van der Waals surface area contributed by atoms with Crippen molar-refractivity contribution in [2.75, 3.05) is 18.7 Å². The second-order valence-electron chi connectivity index (χ2n) is 7.03. The van der Waals surface area contributed by atoms with Crippen molar-refractivity contribution < 1.29 is 0 Å². The maximum Gasteiger partial charge on any atom is 0.199 e. The van der Waals surface area contributed by atoms with Gasteiger partial charge in [0.2, 0.25) is 0 Å². The second-order valence-corrected chi connectivity index (χ2v) is 7.46. The zero-order valence-electron chi connectivity index (χ0n) is 16.8. The van der Waals surface area contributed by atoms with E-state index in [9.17, 15) is 0 Å². The van der Waals surface area contributed by atoms with Gasteiger partial charge in [0.1, 0.15) is 11.7 Å². The van der Waals surface area contributed by atoms with Crippen molar-refractivity contribution in [2.45, 2.75) is 25.3 Å². The molecule has 1 atom stereocenters. The number of hydrazine groups is 1. The van der Waals surface area contributed by atoms with Crippen molar-refractivity contribution >= 4 is 34.9 Å². The third-order valence-corrected chi connectivity index (χ3v) is 5.24. The van der Waals surface area contributed by atoms with Gasteiger partial charge in [-0.1, -0.05) is 17.7 Å². The summed E-state index contributed by atoms with van der Waals surface area (Å²) in [6.07, 6.45) is 5.90. The SMILES string of the molecule is CN(C(=N)c1cccnc1)C(=N)N1CCCC[C@@H]1/C(N)=N/N(N)c1cccc(Cl)c1. The molecule has 3 rings (SSSR count). The number of anilines is 1. The first kappa shape index (κ1) is 21.5. The summed E-state index contributed by atoms with van der Waals surface area (Å²) in [6.45, 7) is 0.645. The van der Waals surface area contributed by atoms with Crippen molar-refractivity contribution in [2.24, 2.45) is 16.7 Å². The average molecular weight is 428 g/mol. The lowest BCUT2D eigenvalue weighted by Crippen LogP contribution is -2.56. The zero-order valence-corrected chi connectivity index (χ0v) is 17.5. The fraction of sp³-hybridized carbons (Fsp3) is 0.300. The molecule has 1 aliphatic rings. The van der Waals surface area contributed by atoms with Crippen LogP contribution in [-0.4, -0.2) is 52.0 Å². The number of aromatic nitrogens is 1. The average Bonchev–Trinajstić information content (AvgIpc) is 2.78. The molecule has 0 radical (unpaired) electrons. The van der Waals surface area contributed by atoms with E-state index in [1.165, 1.54) is 10.0 Å². The summed E-state index contributed by atoms with van der Waals surface area (Å²) in [5, 5.41) is 23.2. The van der Waals surface area contributed by atoms with E-state index in [2.05, 4.69) is 10.1 Å². The number of rotatable bonds is 4. The highest BCUT2D eigenvalue weighted by Crippen LogP contribution is 2.21. The van der Waals surface area contributed by atoms with Gasteiger partial charge in [0.25, 0.3) is 0 Å². The fourth-order valence-electron chi connectivity index (χ4n) is 3.36. The van der Waals surface area contributed by atoms with Crippen LogP contribution in [0.2, 0.25) is 5.02 Å². The Hall–Kier alpha value is -3.17. The van der Waals surface area contributed by atoms with Gasteiger partial charge < -0.3 is 15.5 Å². The van der Waals surface area contributed by atoms with Crippen LogP contribution in [0.25, 0.3) is 0 Å². The number of pyridine rings is 1. The highest BCUT2D eigenvalue weighted by molar-refractivity contribution is 6.30. The summed E-state index contributed by atoms with van der Waals surface area (Å²) in [5.74, 6) is 6.74. The molecule has 0 unspecified atom stereocenters. The summed E-state index contributed by atoms with van der Waals surface area (Å²) in [7, 11) is 1.69. The number of hydrogen-bond donors (Lipinski definition) is 4. The minimum Gasteiger partial charge on any atom is -0.384 e. The maximum absolute atomic E-state index is 8.69. The van der Waals surface area contributed by atoms with Gasteiger partial charge >= 0.3 is 0 Å². The molecule has 1 aromatic heterocycles. The number of hydrogen-bond acceptors (Lipinski definition) is 6. The van der Waals surface area contributed by atoms with Crippen molar-refractivity contribution in [1.82, 2.24) is 14.8 Å². The van der Waals surface area contributed by atoms with Crippen LogP contribution in [0.3, 0.4) is 0 Å². The molecule has 0 spiro atoms. The molecule has 1 fully saturated rings. The molecule has 0 bridgehead atoms. The Morgan fingerprint density at radius 1 is 1.27 bits per heavy atom. The van der Waals surface area contributed by atoms with E-state index >= 15 is 0 Å². The second kappa shape index (κ2) is 9.55. The standard InChI is InChI=1S/C20H26ClN9/c1-28(19(23)14-6-5-10-26-13-14)20(24)29-11-3-2-9-17(29)18(22)27-30(25)16-8-4-7-15(21)12-16/h4-8,10,12-13,17,23-24H,2-3,9,11,25H2,1H3,(H2,22,27)/t17-/m1/s1. The molecular weight excluding hydrogens is 402 g/mol. The predicted molar refractivity (Wildman–Crippen MR) is 121 cm³/mol. The molecular formula is C20H26ClN9. The maximum atomic E-state index is 8.69. The first-order chi connectivity index (χ1) is 14.4. The van der Waals surface area contributed by atoms with E-state index < -0.39 is 0 Å². The number of piperidine rings is 1. The van der Waals surface area contributed by atoms with Gasteiger partial charge in [-0.3, -0.25) is 15.8 Å². The van der Waals surface area contributed by atoms with Crippen LogP contribution in [0.5, 0.6) is 0 Å². The summed E-state index contributed by atoms with van der Waals surface area (Å²) in [6, 6.07) is 10.3. The number of nitrogens with one attached hydrogen (secondary N) is 2. The van der Waals surface area contributed by atoms with Crippen LogP contribution >= 0.6 is 11.6 Å². The Balaban J connectivity index is 1.78. The van der Waals surface area contributed by atoms with Gasteiger partial charge in [-0.25, -0.2) is 5.84 Å². The van der Waals surface area contributed by atoms with E-state index in [-0.39, 0.29) is 17.8 Å². The molecule has 0 amide bonds. The normalized spacial score (nSPS) is 16.8. The number of amidine groups is 2. The molecule has 158 valence electrons. The Morgan fingerprint density at radius 3 is 2.77 bits per heavy atom. The lowest BCUT2D eigenvalue weighted by molar-refractivity contribution is 0.274. The summed E-state index contributed by atoms with van der Waals surface area (Å²) in [4.78, 5) is 7.43. The van der Waals surface area contributed by atoms with E-state index in [0.29, 0.717) is 28.7 Å². The Morgan fingerprint density at radius 2 is 2.07 bits per heavy atom. The third kappa shape index (κ3) is 4.87. The van der Waals surface area contributed by atoms with Gasteiger partial charge in [0.15, 0.2) is 5.96 Å². The minimum atomic E-state index is -0.291. The van der Waals surface area contributed by atoms with Gasteiger partial charge in [0.05, 0.1) is 11.7 Å². The molecule has 1 aromatic carbocycles. The number of guanidine groups is 1. The Bertz CT molecular complexity index is 931. The lowest BCUT2D eigenvalue weighted by atomic mass is 10.0. The zero-order chi connectivity index (χ0) is 21.7. The topological polar surface area (TPSA) is 135 Å². The monoisotopic (exact) mass is 427 g/mol. The number of hydrazone groups is 1. The Kier molecular flexibility index (Phi) is 6.86. The van der Waals surface area contributed by atoms with E-state index in [4.69, 9.17) is 34.0 Å².